The van der Waals surface area contributed by atoms with Crippen LogP contribution in [0, 0.1) is 0 Å². The standard InChI is InChI=1S/C23H31N3O3/c1-4-28-21-14-18(15-26-13-12-24-23(2,3)17-26)10-11-20(21)29-16-22(27)25-19-8-6-5-7-9-19/h5-11,14,24H,4,12-13,15-17H2,1-3H3,(H,25,27). The molecule has 1 saturated heterocycles. The Kier molecular flexibility index (Phi) is 7.12. The molecule has 0 spiro atoms. The van der Waals surface area contributed by atoms with Gasteiger partial charge in [-0.15, -0.1) is 0 Å². The molecule has 1 amide bonds. The van der Waals surface area contributed by atoms with Gasteiger partial charge in [0.1, 0.15) is 0 Å². The molecule has 1 aliphatic heterocycles. The summed E-state index contributed by atoms with van der Waals surface area (Å²) in [5, 5.41) is 6.35. The van der Waals surface area contributed by atoms with Crippen LogP contribution >= 0.6 is 0 Å². The molecular weight excluding hydrogens is 366 g/mol. The van der Waals surface area contributed by atoms with Gasteiger partial charge in [0.25, 0.3) is 5.91 Å². The van der Waals surface area contributed by atoms with Gasteiger partial charge in [0.05, 0.1) is 6.61 Å². The summed E-state index contributed by atoms with van der Waals surface area (Å²) in [7, 11) is 0. The summed E-state index contributed by atoms with van der Waals surface area (Å²) in [5.74, 6) is 1.05. The summed E-state index contributed by atoms with van der Waals surface area (Å²) in [5.41, 5.74) is 2.04. The van der Waals surface area contributed by atoms with E-state index in [1.54, 1.807) is 0 Å². The van der Waals surface area contributed by atoms with E-state index in [-0.39, 0.29) is 18.1 Å². The second-order valence-corrected chi connectivity index (χ2v) is 7.94. The van der Waals surface area contributed by atoms with Crippen LogP contribution in [-0.4, -0.2) is 49.2 Å². The van der Waals surface area contributed by atoms with Gasteiger partial charge in [-0.1, -0.05) is 24.3 Å². The van der Waals surface area contributed by atoms with Crippen LogP contribution in [-0.2, 0) is 11.3 Å². The van der Waals surface area contributed by atoms with Crippen LogP contribution in [0.15, 0.2) is 48.5 Å². The molecule has 0 radical (unpaired) electrons. The third-order valence-electron chi connectivity index (χ3n) is 4.78. The van der Waals surface area contributed by atoms with E-state index in [1.165, 1.54) is 5.56 Å². The summed E-state index contributed by atoms with van der Waals surface area (Å²) in [4.78, 5) is 14.6. The molecule has 0 atom stereocenters. The molecule has 1 heterocycles. The number of carbonyl (C=O) groups is 1. The SMILES string of the molecule is CCOc1cc(CN2CCNC(C)(C)C2)ccc1OCC(=O)Nc1ccccc1. The highest BCUT2D eigenvalue weighted by atomic mass is 16.5. The molecule has 2 aromatic rings. The molecule has 156 valence electrons. The molecular formula is C23H31N3O3. The van der Waals surface area contributed by atoms with Crippen molar-refractivity contribution in [3.05, 3.63) is 54.1 Å². The number of hydrogen-bond donors (Lipinski definition) is 2. The number of para-hydroxylation sites is 1. The Hall–Kier alpha value is -2.57. The largest absolute Gasteiger partial charge is 0.490 e. The molecule has 0 bridgehead atoms. The van der Waals surface area contributed by atoms with Crippen molar-refractivity contribution in [2.24, 2.45) is 0 Å². The Bertz CT molecular complexity index is 808. The predicted octanol–water partition coefficient (Wildman–Crippen LogP) is 3.29. The molecule has 0 saturated carbocycles. The average molecular weight is 398 g/mol. The second-order valence-electron chi connectivity index (χ2n) is 7.94. The maximum absolute atomic E-state index is 12.2. The van der Waals surface area contributed by atoms with E-state index in [4.69, 9.17) is 9.47 Å². The van der Waals surface area contributed by atoms with E-state index in [0.717, 1.165) is 31.9 Å². The molecule has 1 aliphatic rings. The number of nitrogens with zero attached hydrogens (tertiary/aromatic N) is 1. The number of carbonyl (C=O) groups excluding carboxylic acids is 1. The predicted molar refractivity (Wildman–Crippen MR) is 116 cm³/mol. The number of hydrogen-bond acceptors (Lipinski definition) is 5. The molecule has 29 heavy (non-hydrogen) atoms. The zero-order valence-corrected chi connectivity index (χ0v) is 17.5. The first-order valence-electron chi connectivity index (χ1n) is 10.2. The lowest BCUT2D eigenvalue weighted by Crippen LogP contribution is -2.56. The summed E-state index contributed by atoms with van der Waals surface area (Å²) in [6.45, 7) is 10.7. The lowest BCUT2D eigenvalue weighted by molar-refractivity contribution is -0.118. The smallest absolute Gasteiger partial charge is 0.262 e. The van der Waals surface area contributed by atoms with Crippen LogP contribution in [0.4, 0.5) is 5.69 Å². The molecule has 2 aromatic carbocycles. The first-order chi connectivity index (χ1) is 13.9. The fourth-order valence-corrected chi connectivity index (χ4v) is 3.54. The fourth-order valence-electron chi connectivity index (χ4n) is 3.54. The highest BCUT2D eigenvalue weighted by Gasteiger charge is 2.25. The molecule has 6 heteroatoms. The maximum atomic E-state index is 12.2. The highest BCUT2D eigenvalue weighted by molar-refractivity contribution is 5.91. The van der Waals surface area contributed by atoms with Gasteiger partial charge in [0.15, 0.2) is 18.1 Å². The van der Waals surface area contributed by atoms with Crippen LogP contribution in [0.5, 0.6) is 11.5 Å². The minimum Gasteiger partial charge on any atom is -0.490 e. The van der Waals surface area contributed by atoms with Crippen LogP contribution in [0.1, 0.15) is 26.3 Å². The Morgan fingerprint density at radius 2 is 1.93 bits per heavy atom. The quantitative estimate of drug-likeness (QED) is 0.716. The lowest BCUT2D eigenvalue weighted by Gasteiger charge is -2.39. The zero-order valence-electron chi connectivity index (χ0n) is 17.5. The Balaban J connectivity index is 1.60. The monoisotopic (exact) mass is 397 g/mol. The van der Waals surface area contributed by atoms with Crippen molar-refractivity contribution < 1.29 is 14.3 Å². The summed E-state index contributed by atoms with van der Waals surface area (Å²) in [6.07, 6.45) is 0. The van der Waals surface area contributed by atoms with Crippen LogP contribution in [0.2, 0.25) is 0 Å². The number of nitrogens with one attached hydrogen (secondary N) is 2. The zero-order chi connectivity index (χ0) is 20.7. The molecule has 1 fully saturated rings. The first kappa shape index (κ1) is 21.1. The maximum Gasteiger partial charge on any atom is 0.262 e. The van der Waals surface area contributed by atoms with Crippen molar-refractivity contribution in [2.75, 3.05) is 38.2 Å². The Morgan fingerprint density at radius 3 is 2.66 bits per heavy atom. The van der Waals surface area contributed by atoms with Crippen molar-refractivity contribution in [3.8, 4) is 11.5 Å². The molecule has 6 nitrogen and oxygen atoms in total. The van der Waals surface area contributed by atoms with Gasteiger partial charge in [-0.3, -0.25) is 9.69 Å². The minimum absolute atomic E-state index is 0.0691. The molecule has 0 aliphatic carbocycles. The van der Waals surface area contributed by atoms with Crippen molar-refractivity contribution >= 4 is 11.6 Å². The second kappa shape index (κ2) is 9.76. The fraction of sp³-hybridized carbons (Fsp3) is 0.435. The number of ether oxygens (including phenoxy) is 2. The van der Waals surface area contributed by atoms with E-state index in [2.05, 4.69) is 29.4 Å². The number of amides is 1. The lowest BCUT2D eigenvalue weighted by atomic mass is 10.0. The topological polar surface area (TPSA) is 62.8 Å². The van der Waals surface area contributed by atoms with Crippen LogP contribution < -0.4 is 20.1 Å². The van der Waals surface area contributed by atoms with Gasteiger partial charge in [0.2, 0.25) is 0 Å². The van der Waals surface area contributed by atoms with E-state index < -0.39 is 0 Å². The Morgan fingerprint density at radius 1 is 1.14 bits per heavy atom. The van der Waals surface area contributed by atoms with Crippen molar-refractivity contribution in [3.63, 3.8) is 0 Å². The number of benzene rings is 2. The van der Waals surface area contributed by atoms with Gasteiger partial charge < -0.3 is 20.1 Å². The van der Waals surface area contributed by atoms with E-state index in [9.17, 15) is 4.79 Å². The third-order valence-corrected chi connectivity index (χ3v) is 4.78. The molecule has 0 unspecified atom stereocenters. The Labute approximate surface area is 173 Å². The van der Waals surface area contributed by atoms with Crippen LogP contribution in [0.3, 0.4) is 0 Å². The van der Waals surface area contributed by atoms with Crippen LogP contribution in [0.25, 0.3) is 0 Å². The van der Waals surface area contributed by atoms with Gasteiger partial charge in [-0.25, -0.2) is 0 Å². The van der Waals surface area contributed by atoms with E-state index in [1.807, 2.05) is 55.5 Å². The minimum atomic E-state index is -0.203. The van der Waals surface area contributed by atoms with Crippen molar-refractivity contribution in [1.29, 1.82) is 0 Å². The van der Waals surface area contributed by atoms with E-state index >= 15 is 0 Å². The number of piperazine rings is 1. The molecule has 0 aromatic heterocycles. The first-order valence-corrected chi connectivity index (χ1v) is 10.2. The third kappa shape index (κ3) is 6.48. The number of rotatable bonds is 8. The average Bonchev–Trinajstić information content (AvgIpc) is 2.68. The van der Waals surface area contributed by atoms with Gasteiger partial charge in [0, 0.05) is 37.4 Å². The normalized spacial score (nSPS) is 16.2. The van der Waals surface area contributed by atoms with Crippen molar-refractivity contribution in [1.82, 2.24) is 10.2 Å². The summed E-state index contributed by atoms with van der Waals surface area (Å²) < 4.78 is 11.5. The van der Waals surface area contributed by atoms with Gasteiger partial charge in [-0.05, 0) is 50.6 Å². The van der Waals surface area contributed by atoms with E-state index in [0.29, 0.717) is 18.1 Å². The number of anilines is 1. The highest BCUT2D eigenvalue weighted by Crippen LogP contribution is 2.29. The van der Waals surface area contributed by atoms with Gasteiger partial charge in [-0.2, -0.15) is 0 Å². The van der Waals surface area contributed by atoms with Gasteiger partial charge >= 0.3 is 0 Å². The molecule has 3 rings (SSSR count). The molecule has 2 N–H and O–H groups in total. The summed E-state index contributed by atoms with van der Waals surface area (Å²) >= 11 is 0. The van der Waals surface area contributed by atoms with Crippen molar-refractivity contribution in [2.45, 2.75) is 32.9 Å². The summed E-state index contributed by atoms with van der Waals surface area (Å²) in [6, 6.07) is 15.3.